The predicted octanol–water partition coefficient (Wildman–Crippen LogP) is 9.01. The summed E-state index contributed by atoms with van der Waals surface area (Å²) in [7, 11) is 0. The molecule has 0 aliphatic heterocycles. The fraction of sp³-hybridized carbons (Fsp3) is 0.375. The van der Waals surface area contributed by atoms with Crippen molar-refractivity contribution < 1.29 is 14.6 Å². The largest absolute Gasteiger partial charge is 0.494 e. The van der Waals surface area contributed by atoms with E-state index in [1.807, 2.05) is 24.3 Å². The number of benzene rings is 4. The Morgan fingerprint density at radius 2 is 1.30 bits per heavy atom. The zero-order valence-corrected chi connectivity index (χ0v) is 27.3. The first-order valence-corrected chi connectivity index (χ1v) is 15.8. The van der Waals surface area contributed by atoms with Gasteiger partial charge in [0.1, 0.15) is 5.75 Å². The molecule has 4 nitrogen and oxygen atoms in total. The third-order valence-electron chi connectivity index (χ3n) is 8.12. The van der Waals surface area contributed by atoms with Gasteiger partial charge in [0.15, 0.2) is 0 Å². The Balaban J connectivity index is 1.60. The van der Waals surface area contributed by atoms with Crippen LogP contribution in [-0.4, -0.2) is 35.7 Å². The molecule has 0 amide bonds. The van der Waals surface area contributed by atoms with E-state index in [-0.39, 0.29) is 23.2 Å². The molecule has 4 aromatic rings. The molecule has 0 atom stereocenters. The van der Waals surface area contributed by atoms with E-state index < -0.39 is 5.97 Å². The molecule has 4 heteroatoms. The van der Waals surface area contributed by atoms with Crippen molar-refractivity contribution in [1.82, 2.24) is 4.90 Å². The summed E-state index contributed by atoms with van der Waals surface area (Å²) in [6, 6.07) is 36.2. The molecule has 232 valence electrons. The van der Waals surface area contributed by atoms with Crippen LogP contribution in [0.1, 0.15) is 87.3 Å². The molecule has 0 aliphatic carbocycles. The van der Waals surface area contributed by atoms with Gasteiger partial charge in [0.2, 0.25) is 0 Å². The van der Waals surface area contributed by atoms with Crippen molar-refractivity contribution >= 4 is 5.97 Å². The van der Waals surface area contributed by atoms with Crippen molar-refractivity contribution in [3.8, 4) is 5.75 Å². The zero-order valence-electron chi connectivity index (χ0n) is 27.3. The Labute approximate surface area is 264 Å². The number of hydrogen-bond donors (Lipinski definition) is 1. The molecule has 0 aromatic heterocycles. The second-order valence-electron chi connectivity index (χ2n) is 13.9. The van der Waals surface area contributed by atoms with Gasteiger partial charge < -0.3 is 9.84 Å². The van der Waals surface area contributed by atoms with E-state index in [9.17, 15) is 4.79 Å². The molecular formula is C40H49NO3. The van der Waals surface area contributed by atoms with Crippen molar-refractivity contribution in [2.45, 2.75) is 77.7 Å². The lowest BCUT2D eigenvalue weighted by Gasteiger charge is -2.31. The van der Waals surface area contributed by atoms with E-state index in [4.69, 9.17) is 9.84 Å². The van der Waals surface area contributed by atoms with Crippen LogP contribution in [0.15, 0.2) is 103 Å². The van der Waals surface area contributed by atoms with E-state index in [0.717, 1.165) is 37.4 Å². The van der Waals surface area contributed by atoms with Crippen LogP contribution in [0.5, 0.6) is 5.75 Å². The Kier molecular flexibility index (Phi) is 11.0. The third kappa shape index (κ3) is 9.82. The van der Waals surface area contributed by atoms with Crippen molar-refractivity contribution in [3.63, 3.8) is 0 Å². The number of nitrogens with zero attached hydrogens (tertiary/aromatic N) is 1. The highest BCUT2D eigenvalue weighted by atomic mass is 16.5. The van der Waals surface area contributed by atoms with Gasteiger partial charge in [0, 0.05) is 25.6 Å². The normalized spacial score (nSPS) is 12.1. The molecule has 0 fully saturated rings. The molecule has 1 N–H and O–H groups in total. The first-order chi connectivity index (χ1) is 20.9. The van der Waals surface area contributed by atoms with Crippen LogP contribution in [0.2, 0.25) is 0 Å². The van der Waals surface area contributed by atoms with E-state index in [1.54, 1.807) is 0 Å². The SMILES string of the molecule is CC(C)(C)c1cc(CN(CCCOc2cccc(CC(=O)O)c2)CC(c2ccccc2)c2ccccc2)cc(C(C)(C)C)c1. The van der Waals surface area contributed by atoms with Gasteiger partial charge in [-0.15, -0.1) is 0 Å². The van der Waals surface area contributed by atoms with E-state index >= 15 is 0 Å². The fourth-order valence-electron chi connectivity index (χ4n) is 5.57. The Morgan fingerprint density at radius 3 is 1.82 bits per heavy atom. The molecule has 4 aromatic carbocycles. The summed E-state index contributed by atoms with van der Waals surface area (Å²) in [6.45, 7) is 16.9. The van der Waals surface area contributed by atoms with Gasteiger partial charge >= 0.3 is 5.97 Å². The highest BCUT2D eigenvalue weighted by Crippen LogP contribution is 2.32. The molecule has 0 saturated carbocycles. The molecule has 0 unspecified atom stereocenters. The minimum absolute atomic E-state index is 0.00444. The minimum atomic E-state index is -0.839. The summed E-state index contributed by atoms with van der Waals surface area (Å²) in [5.74, 6) is 0.114. The first-order valence-electron chi connectivity index (χ1n) is 15.8. The minimum Gasteiger partial charge on any atom is -0.494 e. The fourth-order valence-corrected chi connectivity index (χ4v) is 5.57. The Morgan fingerprint density at radius 1 is 0.727 bits per heavy atom. The molecule has 4 rings (SSSR count). The lowest BCUT2D eigenvalue weighted by molar-refractivity contribution is -0.136. The van der Waals surface area contributed by atoms with Gasteiger partial charge in [-0.25, -0.2) is 0 Å². The van der Waals surface area contributed by atoms with Crippen LogP contribution >= 0.6 is 0 Å². The van der Waals surface area contributed by atoms with Gasteiger partial charge in [-0.2, -0.15) is 0 Å². The smallest absolute Gasteiger partial charge is 0.307 e. The third-order valence-corrected chi connectivity index (χ3v) is 8.12. The maximum Gasteiger partial charge on any atom is 0.307 e. The monoisotopic (exact) mass is 591 g/mol. The van der Waals surface area contributed by atoms with Crippen molar-refractivity contribution in [3.05, 3.63) is 137 Å². The zero-order chi connectivity index (χ0) is 31.7. The number of aliphatic carboxylic acids is 1. The van der Waals surface area contributed by atoms with Crippen LogP contribution in [0.3, 0.4) is 0 Å². The number of carboxylic acids is 1. The number of carboxylic acid groups (broad SMARTS) is 1. The van der Waals surface area contributed by atoms with Crippen LogP contribution in [0.4, 0.5) is 0 Å². The average Bonchev–Trinajstić information content (AvgIpc) is 2.97. The molecule has 0 radical (unpaired) electrons. The predicted molar refractivity (Wildman–Crippen MR) is 182 cm³/mol. The van der Waals surface area contributed by atoms with Gasteiger partial charge in [-0.3, -0.25) is 9.69 Å². The van der Waals surface area contributed by atoms with Crippen LogP contribution in [0, 0.1) is 0 Å². The summed E-state index contributed by atoms with van der Waals surface area (Å²) in [5, 5.41) is 9.17. The van der Waals surface area contributed by atoms with Crippen LogP contribution in [0.25, 0.3) is 0 Å². The second-order valence-corrected chi connectivity index (χ2v) is 13.9. The summed E-state index contributed by atoms with van der Waals surface area (Å²) in [5.41, 5.74) is 7.56. The Bertz CT molecular complexity index is 1410. The van der Waals surface area contributed by atoms with Crippen molar-refractivity contribution in [2.24, 2.45) is 0 Å². The lowest BCUT2D eigenvalue weighted by atomic mass is 9.79. The molecule has 44 heavy (non-hydrogen) atoms. The van der Waals surface area contributed by atoms with Crippen LogP contribution < -0.4 is 4.74 Å². The molecular weight excluding hydrogens is 542 g/mol. The first kappa shape index (κ1) is 33.0. The summed E-state index contributed by atoms with van der Waals surface area (Å²) < 4.78 is 6.11. The second kappa shape index (κ2) is 14.7. The molecule has 0 saturated heterocycles. The number of ether oxygens (including phenoxy) is 1. The quantitative estimate of drug-likeness (QED) is 0.158. The van der Waals surface area contributed by atoms with E-state index in [2.05, 4.69) is 125 Å². The van der Waals surface area contributed by atoms with Gasteiger partial charge in [0.25, 0.3) is 0 Å². The average molecular weight is 592 g/mol. The number of rotatable bonds is 13. The highest BCUT2D eigenvalue weighted by molar-refractivity contribution is 5.70. The molecule has 0 aliphatic rings. The summed E-state index contributed by atoms with van der Waals surface area (Å²) in [4.78, 5) is 13.7. The van der Waals surface area contributed by atoms with Gasteiger partial charge in [0.05, 0.1) is 13.0 Å². The van der Waals surface area contributed by atoms with E-state index in [1.165, 1.54) is 27.8 Å². The number of carbonyl (C=O) groups is 1. The Hall–Kier alpha value is -3.89. The molecule has 0 bridgehead atoms. The lowest BCUT2D eigenvalue weighted by Crippen LogP contribution is -2.31. The van der Waals surface area contributed by atoms with Gasteiger partial charge in [-0.05, 0) is 62.8 Å². The molecule has 0 spiro atoms. The summed E-state index contributed by atoms with van der Waals surface area (Å²) in [6.07, 6.45) is 0.847. The van der Waals surface area contributed by atoms with Crippen molar-refractivity contribution in [1.29, 1.82) is 0 Å². The van der Waals surface area contributed by atoms with Crippen LogP contribution in [-0.2, 0) is 28.6 Å². The maximum absolute atomic E-state index is 11.2. The topological polar surface area (TPSA) is 49.8 Å². The summed E-state index contributed by atoms with van der Waals surface area (Å²) >= 11 is 0. The van der Waals surface area contributed by atoms with Gasteiger partial charge in [-0.1, -0.05) is 133 Å². The number of hydrogen-bond acceptors (Lipinski definition) is 3. The highest BCUT2D eigenvalue weighted by Gasteiger charge is 2.23. The van der Waals surface area contributed by atoms with E-state index in [0.29, 0.717) is 6.61 Å². The van der Waals surface area contributed by atoms with Crippen molar-refractivity contribution in [2.75, 3.05) is 19.7 Å². The standard InChI is InChI=1S/C40H49NO3/c1-39(2,3)34-23-31(24-35(27-34)40(4,5)6)28-41(21-14-22-44-36-20-13-15-30(25-36)26-38(42)43)29-37(32-16-9-7-10-17-32)33-18-11-8-12-19-33/h7-13,15-20,23-25,27,37H,14,21-22,26,28-29H2,1-6H3,(H,42,43). The molecule has 0 heterocycles. The maximum atomic E-state index is 11.2.